The Morgan fingerprint density at radius 3 is 2.72 bits per heavy atom. The van der Waals surface area contributed by atoms with Crippen molar-refractivity contribution in [1.82, 2.24) is 9.78 Å². The Morgan fingerprint density at radius 2 is 2.11 bits per heavy atom. The zero-order valence-corrected chi connectivity index (χ0v) is 10.6. The van der Waals surface area contributed by atoms with Crippen LogP contribution in [0.15, 0.2) is 12.4 Å². The largest absolute Gasteiger partial charge is 0.467 e. The maximum atomic E-state index is 11.4. The fraction of sp³-hybridized carbons (Fsp3) is 0.583. The van der Waals surface area contributed by atoms with Crippen LogP contribution >= 0.6 is 0 Å². The smallest absolute Gasteiger partial charge is 0.330 e. The van der Waals surface area contributed by atoms with Gasteiger partial charge in [-0.05, 0) is 6.92 Å². The molecule has 0 amide bonds. The van der Waals surface area contributed by atoms with E-state index in [1.165, 1.54) is 7.11 Å². The van der Waals surface area contributed by atoms with E-state index in [2.05, 4.69) is 14.7 Å². The highest BCUT2D eigenvalue weighted by Crippen LogP contribution is 2.19. The number of hydrogen-bond acceptors (Lipinski definition) is 5. The first kappa shape index (κ1) is 12.6. The maximum Gasteiger partial charge on any atom is 0.330 e. The number of carbonyl (C=O) groups is 2. The summed E-state index contributed by atoms with van der Waals surface area (Å²) < 4.78 is 6.26. The molecule has 0 aliphatic carbocycles. The molecule has 1 saturated heterocycles. The monoisotopic (exact) mass is 251 g/mol. The van der Waals surface area contributed by atoms with Crippen LogP contribution in [0.3, 0.4) is 0 Å². The zero-order valence-electron chi connectivity index (χ0n) is 10.6. The Bertz CT molecular complexity index is 445. The quantitative estimate of drug-likeness (QED) is 0.743. The molecule has 2 rings (SSSR count). The first-order valence-electron chi connectivity index (χ1n) is 6.00. The van der Waals surface area contributed by atoms with Crippen LogP contribution in [0.2, 0.25) is 0 Å². The van der Waals surface area contributed by atoms with Crippen molar-refractivity contribution in [2.75, 3.05) is 25.1 Å². The zero-order chi connectivity index (χ0) is 13.1. The van der Waals surface area contributed by atoms with Gasteiger partial charge in [-0.25, -0.2) is 4.79 Å². The third-order valence-corrected chi connectivity index (χ3v) is 3.21. The number of nitrogens with zero attached hydrogens (tertiary/aromatic N) is 3. The lowest BCUT2D eigenvalue weighted by Gasteiger charge is -2.26. The molecule has 0 radical (unpaired) electrons. The highest BCUT2D eigenvalue weighted by molar-refractivity contribution is 5.81. The minimum absolute atomic E-state index is 0.307. The number of ketones is 1. The van der Waals surface area contributed by atoms with Crippen LogP contribution in [0.25, 0.3) is 0 Å². The molecule has 0 unspecified atom stereocenters. The SMILES string of the molecule is COC(=O)[C@H](C)n1cc(N2CCC(=O)CC2)cn1. The first-order chi connectivity index (χ1) is 8.61. The standard InChI is InChI=1S/C12H17N3O3/c1-9(12(17)18-2)15-8-10(7-13-15)14-5-3-11(16)4-6-14/h7-9H,3-6H2,1-2H3/t9-/m0/s1. The molecule has 6 heteroatoms. The Hall–Kier alpha value is -1.85. The van der Waals surface area contributed by atoms with E-state index in [1.54, 1.807) is 17.8 Å². The van der Waals surface area contributed by atoms with Gasteiger partial charge in [0.2, 0.25) is 0 Å². The van der Waals surface area contributed by atoms with Crippen LogP contribution in [0.4, 0.5) is 5.69 Å². The Labute approximate surface area is 106 Å². The van der Waals surface area contributed by atoms with Crippen LogP contribution in [-0.4, -0.2) is 41.7 Å². The summed E-state index contributed by atoms with van der Waals surface area (Å²) in [6, 6.07) is -0.435. The summed E-state index contributed by atoms with van der Waals surface area (Å²) in [5.41, 5.74) is 0.943. The molecule has 0 bridgehead atoms. The van der Waals surface area contributed by atoms with Crippen molar-refractivity contribution in [3.8, 4) is 0 Å². The Morgan fingerprint density at radius 1 is 1.44 bits per heavy atom. The van der Waals surface area contributed by atoms with Crippen LogP contribution in [-0.2, 0) is 14.3 Å². The summed E-state index contributed by atoms with van der Waals surface area (Å²) in [5, 5.41) is 4.17. The van der Waals surface area contributed by atoms with Crippen molar-refractivity contribution in [2.24, 2.45) is 0 Å². The molecule has 98 valence electrons. The van der Waals surface area contributed by atoms with Crippen LogP contribution in [0.1, 0.15) is 25.8 Å². The van der Waals surface area contributed by atoms with Gasteiger partial charge in [-0.3, -0.25) is 9.48 Å². The van der Waals surface area contributed by atoms with E-state index in [0.717, 1.165) is 18.8 Å². The van der Waals surface area contributed by atoms with Gasteiger partial charge in [0, 0.05) is 32.1 Å². The molecule has 1 aromatic heterocycles. The Kier molecular flexibility index (Phi) is 3.64. The third-order valence-electron chi connectivity index (χ3n) is 3.21. The Balaban J connectivity index is 2.06. The fourth-order valence-corrected chi connectivity index (χ4v) is 2.00. The normalized spacial score (nSPS) is 17.7. The fourth-order valence-electron chi connectivity index (χ4n) is 2.00. The van der Waals surface area contributed by atoms with E-state index in [-0.39, 0.29) is 5.97 Å². The lowest BCUT2D eigenvalue weighted by molar-refractivity contribution is -0.144. The minimum atomic E-state index is -0.435. The molecule has 0 saturated carbocycles. The second kappa shape index (κ2) is 5.20. The van der Waals surface area contributed by atoms with Crippen LogP contribution in [0, 0.1) is 0 Å². The predicted octanol–water partition coefficient (Wildman–Crippen LogP) is 0.786. The number of rotatable bonds is 3. The van der Waals surface area contributed by atoms with Gasteiger partial charge in [0.25, 0.3) is 0 Å². The van der Waals surface area contributed by atoms with Crippen molar-refractivity contribution in [3.05, 3.63) is 12.4 Å². The number of aromatic nitrogens is 2. The molecule has 6 nitrogen and oxygen atoms in total. The maximum absolute atomic E-state index is 11.4. The van der Waals surface area contributed by atoms with Crippen molar-refractivity contribution >= 4 is 17.4 Å². The average Bonchev–Trinajstić information content (AvgIpc) is 2.87. The van der Waals surface area contributed by atoms with Gasteiger partial charge in [0.1, 0.15) is 11.8 Å². The van der Waals surface area contributed by atoms with E-state index in [9.17, 15) is 9.59 Å². The van der Waals surface area contributed by atoms with E-state index in [0.29, 0.717) is 18.6 Å². The molecule has 1 aliphatic heterocycles. The van der Waals surface area contributed by atoms with Crippen molar-refractivity contribution in [2.45, 2.75) is 25.8 Å². The molecular weight excluding hydrogens is 234 g/mol. The number of esters is 1. The number of Topliss-reactive ketones (excluding diaryl/α,β-unsaturated/α-hetero) is 1. The second-order valence-electron chi connectivity index (χ2n) is 4.40. The van der Waals surface area contributed by atoms with E-state index in [4.69, 9.17) is 0 Å². The van der Waals surface area contributed by atoms with E-state index >= 15 is 0 Å². The van der Waals surface area contributed by atoms with Gasteiger partial charge >= 0.3 is 5.97 Å². The lowest BCUT2D eigenvalue weighted by Crippen LogP contribution is -2.33. The van der Waals surface area contributed by atoms with Gasteiger partial charge in [-0.2, -0.15) is 5.10 Å². The van der Waals surface area contributed by atoms with Crippen molar-refractivity contribution in [1.29, 1.82) is 0 Å². The summed E-state index contributed by atoms with van der Waals surface area (Å²) in [6.45, 7) is 3.18. The van der Waals surface area contributed by atoms with Gasteiger partial charge in [0.05, 0.1) is 19.0 Å². The molecule has 2 heterocycles. The lowest BCUT2D eigenvalue weighted by atomic mass is 10.1. The molecule has 1 atom stereocenters. The number of hydrogen-bond donors (Lipinski definition) is 0. The van der Waals surface area contributed by atoms with Gasteiger partial charge in [-0.15, -0.1) is 0 Å². The highest BCUT2D eigenvalue weighted by atomic mass is 16.5. The predicted molar refractivity (Wildman–Crippen MR) is 65.4 cm³/mol. The molecule has 1 aromatic rings. The number of anilines is 1. The summed E-state index contributed by atoms with van der Waals surface area (Å²) in [5.74, 6) is -0.0138. The number of piperidine rings is 1. The van der Waals surface area contributed by atoms with Crippen LogP contribution in [0.5, 0.6) is 0 Å². The molecule has 0 aromatic carbocycles. The van der Waals surface area contributed by atoms with Crippen molar-refractivity contribution < 1.29 is 14.3 Å². The second-order valence-corrected chi connectivity index (χ2v) is 4.40. The topological polar surface area (TPSA) is 64.4 Å². The van der Waals surface area contributed by atoms with Crippen LogP contribution < -0.4 is 4.90 Å². The van der Waals surface area contributed by atoms with E-state index in [1.807, 2.05) is 6.20 Å². The van der Waals surface area contributed by atoms with Gasteiger partial charge in [-0.1, -0.05) is 0 Å². The van der Waals surface area contributed by atoms with Crippen molar-refractivity contribution in [3.63, 3.8) is 0 Å². The number of ether oxygens (including phenoxy) is 1. The molecular formula is C12H17N3O3. The summed E-state index contributed by atoms with van der Waals surface area (Å²) in [4.78, 5) is 24.7. The number of carbonyl (C=O) groups excluding carboxylic acids is 2. The minimum Gasteiger partial charge on any atom is -0.467 e. The van der Waals surface area contributed by atoms with Gasteiger partial charge < -0.3 is 9.64 Å². The molecule has 0 spiro atoms. The summed E-state index contributed by atoms with van der Waals surface area (Å²) in [6.07, 6.45) is 4.70. The number of methoxy groups -OCH3 is 1. The van der Waals surface area contributed by atoms with Gasteiger partial charge in [0.15, 0.2) is 0 Å². The first-order valence-corrected chi connectivity index (χ1v) is 6.00. The third kappa shape index (κ3) is 2.52. The highest BCUT2D eigenvalue weighted by Gasteiger charge is 2.20. The molecule has 1 aliphatic rings. The van der Waals surface area contributed by atoms with E-state index < -0.39 is 6.04 Å². The average molecular weight is 251 g/mol. The summed E-state index contributed by atoms with van der Waals surface area (Å²) in [7, 11) is 1.36. The molecule has 0 N–H and O–H groups in total. The molecule has 1 fully saturated rings. The molecule has 18 heavy (non-hydrogen) atoms. The summed E-state index contributed by atoms with van der Waals surface area (Å²) >= 11 is 0.